The number of pyridine rings is 1. The van der Waals surface area contributed by atoms with Gasteiger partial charge in [-0.05, 0) is 13.0 Å². The van der Waals surface area contributed by atoms with Crippen molar-refractivity contribution in [2.24, 2.45) is 0 Å². The molecule has 8 nitrogen and oxygen atoms in total. The number of halogens is 1. The Labute approximate surface area is 143 Å². The highest BCUT2D eigenvalue weighted by Crippen LogP contribution is 2.27. The van der Waals surface area contributed by atoms with E-state index >= 15 is 0 Å². The molecule has 0 spiro atoms. The molecule has 0 unspecified atom stereocenters. The molecule has 0 fully saturated rings. The smallest absolute Gasteiger partial charge is 0.257 e. The number of carbonyl (C=O) groups excluding carboxylic acids is 1. The summed E-state index contributed by atoms with van der Waals surface area (Å²) in [5.41, 5.74) is 1.03. The van der Waals surface area contributed by atoms with Crippen molar-refractivity contribution in [2.45, 2.75) is 26.1 Å². The Kier molecular flexibility index (Phi) is 3.75. The number of amides is 1. The van der Waals surface area contributed by atoms with E-state index in [1.807, 2.05) is 6.92 Å². The summed E-state index contributed by atoms with van der Waals surface area (Å²) in [5.74, 6) is -0.177. The standard InChI is InChI=1S/C16H16FN7O/c1-11-15-20-6-12(8-22-10-19-9-21-22)24(15)5-4-23(11)16(25)13-2-3-18-7-14(13)17/h2-3,6-7,9-11H,4-5,8H2,1H3/t11-/m0/s1. The van der Waals surface area contributed by atoms with Crippen molar-refractivity contribution in [3.05, 3.63) is 60.2 Å². The van der Waals surface area contributed by atoms with Crippen molar-refractivity contribution in [1.82, 2.24) is 34.2 Å². The molecule has 0 saturated carbocycles. The second kappa shape index (κ2) is 6.08. The summed E-state index contributed by atoms with van der Waals surface area (Å²) in [6.07, 6.45) is 7.39. The van der Waals surface area contributed by atoms with Crippen molar-refractivity contribution < 1.29 is 9.18 Å². The molecule has 0 saturated heterocycles. The number of rotatable bonds is 3. The van der Waals surface area contributed by atoms with Gasteiger partial charge in [0.15, 0.2) is 5.82 Å². The SMILES string of the molecule is C[C@H]1c2ncc(Cn3cncn3)n2CCN1C(=O)c1ccncc1F. The molecule has 1 amide bonds. The average molecular weight is 341 g/mol. The lowest BCUT2D eigenvalue weighted by atomic mass is 10.1. The van der Waals surface area contributed by atoms with Gasteiger partial charge in [0.1, 0.15) is 18.5 Å². The summed E-state index contributed by atoms with van der Waals surface area (Å²) >= 11 is 0. The monoisotopic (exact) mass is 341 g/mol. The van der Waals surface area contributed by atoms with E-state index in [9.17, 15) is 9.18 Å². The zero-order chi connectivity index (χ0) is 17.4. The molecule has 0 aromatic carbocycles. The molecule has 3 aromatic rings. The molecular weight excluding hydrogens is 325 g/mol. The highest BCUT2D eigenvalue weighted by atomic mass is 19.1. The van der Waals surface area contributed by atoms with Gasteiger partial charge in [-0.3, -0.25) is 9.78 Å². The maximum atomic E-state index is 13.9. The van der Waals surface area contributed by atoms with Crippen LogP contribution in [-0.4, -0.2) is 46.7 Å². The van der Waals surface area contributed by atoms with Gasteiger partial charge in [-0.15, -0.1) is 0 Å². The first-order valence-electron chi connectivity index (χ1n) is 7.92. The van der Waals surface area contributed by atoms with E-state index in [0.29, 0.717) is 19.6 Å². The molecule has 9 heteroatoms. The van der Waals surface area contributed by atoms with Crippen molar-refractivity contribution in [3.63, 3.8) is 0 Å². The van der Waals surface area contributed by atoms with Crippen LogP contribution in [0.25, 0.3) is 0 Å². The van der Waals surface area contributed by atoms with E-state index in [-0.39, 0.29) is 17.5 Å². The van der Waals surface area contributed by atoms with E-state index in [1.54, 1.807) is 22.1 Å². The largest absolute Gasteiger partial charge is 0.327 e. The maximum Gasteiger partial charge on any atom is 0.257 e. The van der Waals surface area contributed by atoms with Crippen LogP contribution in [0.5, 0.6) is 0 Å². The Bertz CT molecular complexity index is 905. The van der Waals surface area contributed by atoms with Crippen molar-refractivity contribution in [1.29, 1.82) is 0 Å². The third kappa shape index (κ3) is 2.67. The Morgan fingerprint density at radius 1 is 1.32 bits per heavy atom. The quantitative estimate of drug-likeness (QED) is 0.717. The minimum absolute atomic E-state index is 0.0321. The molecule has 25 heavy (non-hydrogen) atoms. The van der Waals surface area contributed by atoms with E-state index in [2.05, 4.69) is 24.6 Å². The number of aromatic nitrogens is 6. The summed E-state index contributed by atoms with van der Waals surface area (Å²) in [6.45, 7) is 3.54. The molecule has 0 radical (unpaired) electrons. The highest BCUT2D eigenvalue weighted by Gasteiger charge is 2.31. The normalized spacial score (nSPS) is 16.7. The van der Waals surface area contributed by atoms with Gasteiger partial charge < -0.3 is 9.47 Å². The van der Waals surface area contributed by atoms with Crippen LogP contribution in [0.3, 0.4) is 0 Å². The van der Waals surface area contributed by atoms with Crippen LogP contribution in [0.1, 0.15) is 34.8 Å². The summed E-state index contributed by atoms with van der Waals surface area (Å²) in [4.78, 5) is 26.4. The molecular formula is C16H16FN7O. The second-order valence-corrected chi connectivity index (χ2v) is 5.88. The van der Waals surface area contributed by atoms with Gasteiger partial charge in [-0.1, -0.05) is 0 Å². The topological polar surface area (TPSA) is 81.7 Å². The Morgan fingerprint density at radius 3 is 2.96 bits per heavy atom. The molecule has 0 N–H and O–H groups in total. The van der Waals surface area contributed by atoms with Crippen LogP contribution < -0.4 is 0 Å². The average Bonchev–Trinajstić information content (AvgIpc) is 3.26. The van der Waals surface area contributed by atoms with Crippen LogP contribution >= 0.6 is 0 Å². The van der Waals surface area contributed by atoms with E-state index in [0.717, 1.165) is 17.7 Å². The molecule has 1 atom stereocenters. The van der Waals surface area contributed by atoms with Gasteiger partial charge in [0.25, 0.3) is 5.91 Å². The Balaban J connectivity index is 1.60. The van der Waals surface area contributed by atoms with Gasteiger partial charge >= 0.3 is 0 Å². The van der Waals surface area contributed by atoms with Gasteiger partial charge in [0.2, 0.25) is 0 Å². The van der Waals surface area contributed by atoms with Gasteiger partial charge in [-0.25, -0.2) is 19.0 Å². The van der Waals surface area contributed by atoms with Gasteiger partial charge in [0.05, 0.1) is 36.2 Å². The predicted molar refractivity (Wildman–Crippen MR) is 85.0 cm³/mol. The Morgan fingerprint density at radius 2 is 2.20 bits per heavy atom. The fourth-order valence-electron chi connectivity index (χ4n) is 3.15. The molecule has 0 aliphatic carbocycles. The maximum absolute atomic E-state index is 13.9. The highest BCUT2D eigenvalue weighted by molar-refractivity contribution is 5.94. The van der Waals surface area contributed by atoms with Crippen LogP contribution in [0.4, 0.5) is 4.39 Å². The molecule has 0 bridgehead atoms. The summed E-state index contributed by atoms with van der Waals surface area (Å²) < 4.78 is 17.7. The lowest BCUT2D eigenvalue weighted by molar-refractivity contribution is 0.0631. The zero-order valence-electron chi connectivity index (χ0n) is 13.6. The number of fused-ring (bicyclic) bond motifs is 1. The molecule has 4 heterocycles. The number of hydrogen-bond acceptors (Lipinski definition) is 5. The minimum Gasteiger partial charge on any atom is -0.327 e. The molecule has 3 aromatic heterocycles. The van der Waals surface area contributed by atoms with Crippen molar-refractivity contribution in [2.75, 3.05) is 6.54 Å². The van der Waals surface area contributed by atoms with Crippen LogP contribution in [0.15, 0.2) is 37.3 Å². The fourth-order valence-corrected chi connectivity index (χ4v) is 3.15. The van der Waals surface area contributed by atoms with Gasteiger partial charge in [0, 0.05) is 19.3 Å². The van der Waals surface area contributed by atoms with Crippen LogP contribution in [0, 0.1) is 5.82 Å². The number of carbonyl (C=O) groups is 1. The first-order valence-corrected chi connectivity index (χ1v) is 7.92. The number of nitrogens with zero attached hydrogens (tertiary/aromatic N) is 7. The molecule has 1 aliphatic rings. The predicted octanol–water partition coefficient (Wildman–Crippen LogP) is 1.27. The van der Waals surface area contributed by atoms with E-state index in [1.165, 1.54) is 18.6 Å². The van der Waals surface area contributed by atoms with Crippen molar-refractivity contribution in [3.8, 4) is 0 Å². The summed E-state index contributed by atoms with van der Waals surface area (Å²) in [7, 11) is 0. The van der Waals surface area contributed by atoms with Crippen LogP contribution in [-0.2, 0) is 13.1 Å². The summed E-state index contributed by atoms with van der Waals surface area (Å²) in [6, 6.07) is 1.15. The third-order valence-electron chi connectivity index (χ3n) is 4.43. The number of hydrogen-bond donors (Lipinski definition) is 0. The lowest BCUT2D eigenvalue weighted by Gasteiger charge is -2.34. The van der Waals surface area contributed by atoms with E-state index in [4.69, 9.17) is 0 Å². The Hall–Kier alpha value is -3.10. The zero-order valence-corrected chi connectivity index (χ0v) is 13.6. The third-order valence-corrected chi connectivity index (χ3v) is 4.43. The first kappa shape index (κ1) is 15.4. The van der Waals surface area contributed by atoms with Gasteiger partial charge in [-0.2, -0.15) is 5.10 Å². The molecule has 1 aliphatic heterocycles. The van der Waals surface area contributed by atoms with Crippen LogP contribution in [0.2, 0.25) is 0 Å². The second-order valence-electron chi connectivity index (χ2n) is 5.88. The number of imidazole rings is 1. The van der Waals surface area contributed by atoms with Crippen molar-refractivity contribution >= 4 is 5.91 Å². The molecule has 128 valence electrons. The first-order chi connectivity index (χ1) is 12.1. The summed E-state index contributed by atoms with van der Waals surface area (Å²) in [5, 5.41) is 4.10. The minimum atomic E-state index is -0.611. The molecule has 4 rings (SSSR count). The van der Waals surface area contributed by atoms with E-state index < -0.39 is 5.82 Å². The fraction of sp³-hybridized carbons (Fsp3) is 0.312. The lowest BCUT2D eigenvalue weighted by Crippen LogP contribution is -2.42.